The number of carbonyl (C=O) groups excluding carboxylic acids is 2. The molecule has 0 aliphatic heterocycles. The number of halogens is 1. The van der Waals surface area contributed by atoms with E-state index < -0.39 is 12.1 Å². The van der Waals surface area contributed by atoms with Crippen LogP contribution in [0.5, 0.6) is 0 Å². The molecule has 284 valence electrons. The molecule has 0 heterocycles. The molecule has 0 fully saturated rings. The molecule has 0 rings (SSSR count). The normalized spacial score (nSPS) is 12.4. The van der Waals surface area contributed by atoms with Gasteiger partial charge in [-0.1, -0.05) is 147 Å². The standard InChI is InChI=1S/C42H80NO4.ClH/c1-6-8-10-12-14-16-18-20-22-24-26-28-30-32-34-36-38-46-42(45)40(39-43(3,4)5)47-41(44)37-35-33-31-29-27-25-23-21-19-17-15-13-11-9-7-2;/h20-23,40H,6-19,24-39H2,1-5H3;1H/q+1;/p-1/b22-20-,23-21-;/t40-;/m1./s1. The molecule has 0 spiro atoms. The lowest BCUT2D eigenvalue weighted by atomic mass is 10.1. The third kappa shape index (κ3) is 37.5. The van der Waals surface area contributed by atoms with Crippen LogP contribution < -0.4 is 12.4 Å². The maximum atomic E-state index is 12.8. The van der Waals surface area contributed by atoms with Crippen LogP contribution >= 0.6 is 0 Å². The monoisotopic (exact) mass is 698 g/mol. The Labute approximate surface area is 305 Å². The summed E-state index contributed by atoms with van der Waals surface area (Å²) in [5.74, 6) is -0.682. The summed E-state index contributed by atoms with van der Waals surface area (Å²) in [4.78, 5) is 25.4. The summed E-state index contributed by atoms with van der Waals surface area (Å²) in [5, 5.41) is 0. The van der Waals surface area contributed by atoms with E-state index in [0.29, 0.717) is 24.1 Å². The molecular formula is C42H80ClNO4. The minimum absolute atomic E-state index is 0. The molecule has 0 saturated carbocycles. The Kier molecular flexibility index (Phi) is 37.5. The largest absolute Gasteiger partial charge is 1.00 e. The lowest BCUT2D eigenvalue weighted by Crippen LogP contribution is -3.00. The number of unbranched alkanes of at least 4 members (excludes halogenated alkanes) is 23. The summed E-state index contributed by atoms with van der Waals surface area (Å²) in [6.45, 7) is 5.36. The summed E-state index contributed by atoms with van der Waals surface area (Å²) in [6, 6.07) is 0. The maximum absolute atomic E-state index is 12.8. The van der Waals surface area contributed by atoms with E-state index in [4.69, 9.17) is 9.47 Å². The van der Waals surface area contributed by atoms with Crippen molar-refractivity contribution in [1.82, 2.24) is 0 Å². The van der Waals surface area contributed by atoms with Gasteiger partial charge in [0.25, 0.3) is 0 Å². The van der Waals surface area contributed by atoms with Crippen LogP contribution in [0.2, 0.25) is 0 Å². The zero-order valence-electron chi connectivity index (χ0n) is 32.6. The molecule has 0 unspecified atom stereocenters. The highest BCUT2D eigenvalue weighted by Crippen LogP contribution is 2.13. The van der Waals surface area contributed by atoms with Crippen molar-refractivity contribution < 1.29 is 36.0 Å². The average Bonchev–Trinajstić information content (AvgIpc) is 3.03. The number of ether oxygens (including phenoxy) is 2. The Hall–Kier alpha value is -1.33. The van der Waals surface area contributed by atoms with Crippen molar-refractivity contribution in [3.8, 4) is 0 Å². The molecule has 0 saturated heterocycles. The third-order valence-corrected chi connectivity index (χ3v) is 8.79. The number of carbonyl (C=O) groups is 2. The summed E-state index contributed by atoms with van der Waals surface area (Å²) in [6.07, 6.45) is 42.4. The third-order valence-electron chi connectivity index (χ3n) is 8.79. The van der Waals surface area contributed by atoms with Crippen LogP contribution in [-0.2, 0) is 19.1 Å². The van der Waals surface area contributed by atoms with Gasteiger partial charge in [-0.3, -0.25) is 4.79 Å². The predicted octanol–water partition coefficient (Wildman–Crippen LogP) is 9.23. The second kappa shape index (κ2) is 36.9. The van der Waals surface area contributed by atoms with E-state index in [2.05, 4.69) is 38.2 Å². The van der Waals surface area contributed by atoms with Gasteiger partial charge in [0.15, 0.2) is 0 Å². The van der Waals surface area contributed by atoms with Crippen LogP contribution in [0.1, 0.15) is 194 Å². The Bertz CT molecular complexity index is 761. The van der Waals surface area contributed by atoms with Gasteiger partial charge in [0.1, 0.15) is 6.54 Å². The summed E-state index contributed by atoms with van der Waals surface area (Å²) >= 11 is 0. The number of allylic oxidation sites excluding steroid dienone is 4. The number of hydrogen-bond donors (Lipinski definition) is 0. The zero-order chi connectivity index (χ0) is 34.7. The lowest BCUT2D eigenvalue weighted by Gasteiger charge is -2.28. The van der Waals surface area contributed by atoms with Crippen molar-refractivity contribution in [2.24, 2.45) is 0 Å². The number of nitrogens with zero attached hydrogens (tertiary/aromatic N) is 1. The van der Waals surface area contributed by atoms with Crippen LogP contribution in [0, 0.1) is 0 Å². The molecule has 48 heavy (non-hydrogen) atoms. The summed E-state index contributed by atoms with van der Waals surface area (Å²) < 4.78 is 11.7. The Morgan fingerprint density at radius 3 is 1.27 bits per heavy atom. The molecule has 0 N–H and O–H groups in total. The van der Waals surface area contributed by atoms with E-state index >= 15 is 0 Å². The molecule has 1 atom stereocenters. The SMILES string of the molecule is CCCCCCCC/C=C\CCCCCCCCOC(=O)[C@@H](C[N+](C)(C)C)OC(=O)CCCCCCC/C=C\CCCCCCCC.[Cl-]. The maximum Gasteiger partial charge on any atom is 0.353 e. The van der Waals surface area contributed by atoms with Gasteiger partial charge in [-0.05, 0) is 64.2 Å². The van der Waals surface area contributed by atoms with E-state index in [1.165, 1.54) is 135 Å². The van der Waals surface area contributed by atoms with Crippen molar-refractivity contribution in [3.63, 3.8) is 0 Å². The van der Waals surface area contributed by atoms with Crippen molar-refractivity contribution >= 4 is 11.9 Å². The molecule has 0 aromatic carbocycles. The fourth-order valence-electron chi connectivity index (χ4n) is 5.83. The van der Waals surface area contributed by atoms with Crippen LogP contribution in [0.25, 0.3) is 0 Å². The molecule has 0 bridgehead atoms. The van der Waals surface area contributed by atoms with Crippen molar-refractivity contribution in [2.45, 2.75) is 200 Å². The van der Waals surface area contributed by atoms with Crippen molar-refractivity contribution in [3.05, 3.63) is 24.3 Å². The molecule has 5 nitrogen and oxygen atoms in total. The molecule has 0 aliphatic carbocycles. The first kappa shape index (κ1) is 48.8. The second-order valence-electron chi connectivity index (χ2n) is 14.9. The Balaban J connectivity index is 0. The van der Waals surface area contributed by atoms with E-state index in [0.717, 1.165) is 38.5 Å². The number of esters is 2. The summed E-state index contributed by atoms with van der Waals surface area (Å²) in [7, 11) is 6.01. The van der Waals surface area contributed by atoms with E-state index in [9.17, 15) is 9.59 Å². The Morgan fingerprint density at radius 1 is 0.521 bits per heavy atom. The van der Waals surface area contributed by atoms with E-state index in [1.807, 2.05) is 21.1 Å². The quantitative estimate of drug-likeness (QED) is 0.0287. The first-order valence-corrected chi connectivity index (χ1v) is 20.3. The number of quaternary nitrogens is 1. The number of rotatable bonds is 35. The molecule has 0 radical (unpaired) electrons. The minimum atomic E-state index is -0.834. The first-order chi connectivity index (χ1) is 22.8. The van der Waals surface area contributed by atoms with Gasteiger partial charge in [0.05, 0.1) is 27.7 Å². The highest BCUT2D eigenvalue weighted by molar-refractivity contribution is 5.79. The molecular weight excluding hydrogens is 618 g/mol. The van der Waals surface area contributed by atoms with Crippen LogP contribution in [0.3, 0.4) is 0 Å². The van der Waals surface area contributed by atoms with Gasteiger partial charge in [0.2, 0.25) is 6.10 Å². The summed E-state index contributed by atoms with van der Waals surface area (Å²) in [5.41, 5.74) is 0. The topological polar surface area (TPSA) is 52.6 Å². The molecule has 6 heteroatoms. The molecule has 0 aromatic rings. The molecule has 0 amide bonds. The van der Waals surface area contributed by atoms with Crippen LogP contribution in [0.4, 0.5) is 0 Å². The smallest absolute Gasteiger partial charge is 0.353 e. The zero-order valence-corrected chi connectivity index (χ0v) is 33.3. The van der Waals surface area contributed by atoms with Gasteiger partial charge in [0, 0.05) is 6.42 Å². The van der Waals surface area contributed by atoms with Gasteiger partial charge in [-0.25, -0.2) is 4.79 Å². The lowest BCUT2D eigenvalue weighted by molar-refractivity contribution is -0.872. The second-order valence-corrected chi connectivity index (χ2v) is 14.9. The van der Waals surface area contributed by atoms with Gasteiger partial charge in [-0.2, -0.15) is 0 Å². The van der Waals surface area contributed by atoms with Crippen molar-refractivity contribution in [1.29, 1.82) is 0 Å². The molecule has 0 aromatic heterocycles. The van der Waals surface area contributed by atoms with Crippen LogP contribution in [0.15, 0.2) is 24.3 Å². The van der Waals surface area contributed by atoms with E-state index in [1.54, 1.807) is 0 Å². The fourth-order valence-corrected chi connectivity index (χ4v) is 5.83. The number of likely N-dealkylation sites (N-methyl/N-ethyl adjacent to an activating group) is 1. The fraction of sp³-hybridized carbons (Fsp3) is 0.857. The number of hydrogen-bond acceptors (Lipinski definition) is 4. The highest BCUT2D eigenvalue weighted by Gasteiger charge is 2.30. The molecule has 0 aliphatic rings. The predicted molar refractivity (Wildman–Crippen MR) is 203 cm³/mol. The first-order valence-electron chi connectivity index (χ1n) is 20.3. The minimum Gasteiger partial charge on any atom is -1.00 e. The van der Waals surface area contributed by atoms with Gasteiger partial charge < -0.3 is 26.4 Å². The van der Waals surface area contributed by atoms with Gasteiger partial charge in [-0.15, -0.1) is 0 Å². The van der Waals surface area contributed by atoms with Gasteiger partial charge >= 0.3 is 11.9 Å². The van der Waals surface area contributed by atoms with Crippen molar-refractivity contribution in [2.75, 3.05) is 34.3 Å². The average molecular weight is 699 g/mol. The van der Waals surface area contributed by atoms with E-state index in [-0.39, 0.29) is 18.4 Å². The Morgan fingerprint density at radius 2 is 0.875 bits per heavy atom. The highest BCUT2D eigenvalue weighted by atomic mass is 35.5. The van der Waals surface area contributed by atoms with Crippen LogP contribution in [-0.4, -0.2) is 56.8 Å².